The number of nitrogens with zero attached hydrogens (tertiary/aromatic N) is 2. The number of benzene rings is 8. The summed E-state index contributed by atoms with van der Waals surface area (Å²) < 4.78 is 13.8. The zero-order valence-corrected chi connectivity index (χ0v) is 43.7. The number of rotatable bonds is 9. The first-order valence-electron chi connectivity index (χ1n) is 27.2. The van der Waals surface area contributed by atoms with Crippen molar-refractivity contribution in [3.63, 3.8) is 0 Å². The van der Waals surface area contributed by atoms with Crippen molar-refractivity contribution in [2.75, 3.05) is 23.0 Å². The van der Waals surface area contributed by atoms with Crippen LogP contribution in [0.5, 0.6) is 0 Å². The van der Waals surface area contributed by atoms with E-state index in [1.54, 1.807) is 0 Å². The van der Waals surface area contributed by atoms with Gasteiger partial charge in [0.2, 0.25) is 0 Å². The Hall–Kier alpha value is -8.02. The van der Waals surface area contributed by atoms with Crippen molar-refractivity contribution < 1.29 is 9.47 Å². The number of anilines is 4. The molecule has 1 fully saturated rings. The largest absolute Gasteiger partial charge is 0.373 e. The maximum Gasteiger partial charge on any atom is 0.142 e. The zero-order valence-electron chi connectivity index (χ0n) is 43.7. The van der Waals surface area contributed by atoms with E-state index in [1.807, 2.05) is 0 Å². The molecule has 8 aromatic rings. The van der Waals surface area contributed by atoms with Gasteiger partial charge in [-0.1, -0.05) is 183 Å². The second kappa shape index (κ2) is 19.9. The fourth-order valence-electron chi connectivity index (χ4n) is 13.5. The molecule has 1 saturated heterocycles. The van der Waals surface area contributed by atoms with E-state index in [4.69, 9.17) is 16.1 Å². The second-order valence-corrected chi connectivity index (χ2v) is 21.7. The lowest BCUT2D eigenvalue weighted by Gasteiger charge is -2.31. The van der Waals surface area contributed by atoms with Gasteiger partial charge in [0, 0.05) is 52.0 Å². The molecule has 4 heteroatoms. The van der Waals surface area contributed by atoms with E-state index >= 15 is 0 Å². The van der Waals surface area contributed by atoms with Gasteiger partial charge in [-0.3, -0.25) is 0 Å². The van der Waals surface area contributed by atoms with Gasteiger partial charge in [0.15, 0.2) is 0 Å². The monoisotopic (exact) mass is 988 g/mol. The summed E-state index contributed by atoms with van der Waals surface area (Å²) >= 11 is 0. The molecule has 0 aromatic heterocycles. The van der Waals surface area contributed by atoms with Gasteiger partial charge in [-0.2, -0.15) is 0 Å². The fourth-order valence-corrected chi connectivity index (χ4v) is 13.5. The van der Waals surface area contributed by atoms with E-state index in [9.17, 15) is 0 Å². The molecule has 76 heavy (non-hydrogen) atoms. The summed E-state index contributed by atoms with van der Waals surface area (Å²) in [4.78, 5) is 4.97. The van der Waals surface area contributed by atoms with E-state index in [0.717, 1.165) is 35.2 Å². The smallest absolute Gasteiger partial charge is 0.142 e. The van der Waals surface area contributed by atoms with E-state index in [-0.39, 0.29) is 41.5 Å². The van der Waals surface area contributed by atoms with Gasteiger partial charge in [0.05, 0.1) is 19.3 Å². The van der Waals surface area contributed by atoms with Crippen molar-refractivity contribution >= 4 is 28.3 Å². The van der Waals surface area contributed by atoms with E-state index in [1.165, 1.54) is 78.3 Å². The quantitative estimate of drug-likeness (QED) is 0.144. The lowest BCUT2D eigenvalue weighted by molar-refractivity contribution is 0.0624. The fraction of sp³-hybridized carbons (Fsp3) is 0.194. The summed E-state index contributed by atoms with van der Waals surface area (Å²) in [5.41, 5.74) is 21.8. The summed E-state index contributed by atoms with van der Waals surface area (Å²) in [5, 5.41) is 0. The number of allylic oxidation sites excluding steroid dienone is 6. The van der Waals surface area contributed by atoms with Gasteiger partial charge in [-0.25, -0.2) is 0 Å². The highest BCUT2D eigenvalue weighted by Crippen LogP contribution is 2.60. The Bertz CT molecular complexity index is 3610. The molecule has 374 valence electrons. The highest BCUT2D eigenvalue weighted by molar-refractivity contribution is 5.86. The number of aryl methyl sites for hydroxylation is 2. The predicted octanol–water partition coefficient (Wildman–Crippen LogP) is 17.3. The standard InChI is InChI=1S/C72H64N2O2/c1-48-22-15-16-30-61(48)68-50(3)40-53(25-21-39-75-67(68)41-52-23-9-5-10-24-52)56-42-57(54-34-33-49(2)63(45-54)69-51(4)73(59-26-11-6-12-27-59)65-32-18-17-31-62(65)69)44-58(43-56)55-35-36-66-64(46-55)70-71(74(66)60-28-13-7-14-29-60)76-47-72(70)37-19-8-20-38-72/h5-37,40,42-46,51,67-71H,3,38-39,41,47H2,1-2,4H3/b25-21-,53-40+. The van der Waals surface area contributed by atoms with E-state index in [0.29, 0.717) is 13.2 Å². The first kappa shape index (κ1) is 47.7. The van der Waals surface area contributed by atoms with Gasteiger partial charge in [0.25, 0.3) is 0 Å². The number of hydrogen-bond donors (Lipinski definition) is 0. The minimum Gasteiger partial charge on any atom is -0.373 e. The second-order valence-electron chi connectivity index (χ2n) is 21.7. The number of para-hydroxylation sites is 3. The molecular weight excluding hydrogens is 925 g/mol. The van der Waals surface area contributed by atoms with Crippen molar-refractivity contribution in [3.05, 3.63) is 293 Å². The van der Waals surface area contributed by atoms with Crippen LogP contribution in [0.25, 0.3) is 27.8 Å². The summed E-state index contributed by atoms with van der Waals surface area (Å²) in [5.74, 6) is 0.266. The molecule has 0 N–H and O–H groups in total. The molecule has 5 aliphatic rings. The lowest BCUT2D eigenvalue weighted by Crippen LogP contribution is -2.31. The van der Waals surface area contributed by atoms with Gasteiger partial charge < -0.3 is 19.3 Å². The van der Waals surface area contributed by atoms with Crippen LogP contribution < -0.4 is 9.80 Å². The third-order valence-corrected chi connectivity index (χ3v) is 17.1. The first-order valence-corrected chi connectivity index (χ1v) is 27.2. The van der Waals surface area contributed by atoms with Gasteiger partial charge in [-0.05, 0) is 172 Å². The molecule has 1 aliphatic carbocycles. The topological polar surface area (TPSA) is 24.9 Å². The summed E-state index contributed by atoms with van der Waals surface area (Å²) in [6, 6.07) is 71.9. The highest BCUT2D eigenvalue weighted by Gasteiger charge is 2.56. The molecule has 0 amide bonds. The number of fused-ring (bicyclic) bond motifs is 5. The van der Waals surface area contributed by atoms with Crippen LogP contribution in [0, 0.1) is 19.3 Å². The molecule has 7 atom stereocenters. The van der Waals surface area contributed by atoms with Crippen molar-refractivity contribution in [1.82, 2.24) is 0 Å². The molecule has 1 spiro atoms. The van der Waals surface area contributed by atoms with Crippen LogP contribution in [-0.2, 0) is 15.9 Å². The maximum absolute atomic E-state index is 6.93. The Balaban J connectivity index is 0.970. The average molecular weight is 989 g/mol. The van der Waals surface area contributed by atoms with E-state index in [2.05, 4.69) is 267 Å². The average Bonchev–Trinajstić information content (AvgIpc) is 4.21. The van der Waals surface area contributed by atoms with Gasteiger partial charge in [-0.15, -0.1) is 0 Å². The van der Waals surface area contributed by atoms with Crippen LogP contribution in [0.2, 0.25) is 0 Å². The van der Waals surface area contributed by atoms with Crippen LogP contribution in [0.1, 0.15) is 75.6 Å². The molecule has 0 radical (unpaired) electrons. The molecule has 13 rings (SSSR count). The number of hydrogen-bond acceptors (Lipinski definition) is 4. The SMILES string of the molecule is C=C1/C=C(c2cc(-c3ccc(C)c(C4c5ccccc5N(c5ccccc5)C4C)c3)cc(-c3ccc4c(c3)C3C(OCC35C=CC=CC5)N4c3ccccc3)c2)\C=C/COC(Cc2ccccc2)C1c1ccccc1C. The third-order valence-electron chi connectivity index (χ3n) is 17.1. The van der Waals surface area contributed by atoms with Crippen LogP contribution in [-0.4, -0.2) is 31.6 Å². The Morgan fingerprint density at radius 3 is 1.88 bits per heavy atom. The summed E-state index contributed by atoms with van der Waals surface area (Å²) in [6.07, 6.45) is 17.4. The molecule has 0 bridgehead atoms. The highest BCUT2D eigenvalue weighted by atomic mass is 16.5. The van der Waals surface area contributed by atoms with Crippen LogP contribution in [0.4, 0.5) is 22.7 Å². The third kappa shape index (κ3) is 8.51. The number of ether oxygens (including phenoxy) is 2. The normalized spacial score (nSPS) is 24.6. The van der Waals surface area contributed by atoms with E-state index < -0.39 is 0 Å². The Kier molecular flexibility index (Phi) is 12.5. The van der Waals surface area contributed by atoms with Crippen LogP contribution >= 0.6 is 0 Å². The summed E-state index contributed by atoms with van der Waals surface area (Å²) in [7, 11) is 0. The molecular formula is C72H64N2O2. The van der Waals surface area contributed by atoms with Crippen molar-refractivity contribution in [2.24, 2.45) is 5.41 Å². The molecule has 4 heterocycles. The zero-order chi connectivity index (χ0) is 51.3. The first-order chi connectivity index (χ1) is 37.3. The molecule has 0 saturated carbocycles. The molecule has 7 unspecified atom stereocenters. The predicted molar refractivity (Wildman–Crippen MR) is 315 cm³/mol. The minimum atomic E-state index is -0.130. The Labute approximate surface area is 449 Å². The van der Waals surface area contributed by atoms with Crippen molar-refractivity contribution in [2.45, 2.75) is 69.7 Å². The maximum atomic E-state index is 6.93. The van der Waals surface area contributed by atoms with Crippen LogP contribution in [0.3, 0.4) is 0 Å². The minimum absolute atomic E-state index is 0.0628. The van der Waals surface area contributed by atoms with Crippen molar-refractivity contribution in [3.8, 4) is 22.3 Å². The Morgan fingerprint density at radius 1 is 0.539 bits per heavy atom. The molecule has 4 nitrogen and oxygen atoms in total. The Morgan fingerprint density at radius 2 is 1.16 bits per heavy atom. The summed E-state index contributed by atoms with van der Waals surface area (Å²) in [6.45, 7) is 13.0. The van der Waals surface area contributed by atoms with Crippen LogP contribution in [0.15, 0.2) is 249 Å². The van der Waals surface area contributed by atoms with Crippen molar-refractivity contribution in [1.29, 1.82) is 0 Å². The molecule has 8 aromatic carbocycles. The lowest BCUT2D eigenvalue weighted by atomic mass is 9.70. The molecule has 4 aliphatic heterocycles. The van der Waals surface area contributed by atoms with Gasteiger partial charge in [0.1, 0.15) is 6.23 Å². The van der Waals surface area contributed by atoms with Gasteiger partial charge >= 0.3 is 0 Å².